The van der Waals surface area contributed by atoms with Crippen LogP contribution in [0.15, 0.2) is 42.6 Å². The summed E-state index contributed by atoms with van der Waals surface area (Å²) in [6.45, 7) is 7.13. The molecule has 0 fully saturated rings. The first-order valence-corrected chi connectivity index (χ1v) is 10.6. The second kappa shape index (κ2) is 9.91. The quantitative estimate of drug-likeness (QED) is 0.424. The van der Waals surface area contributed by atoms with Crippen molar-refractivity contribution in [3.8, 4) is 11.3 Å². The third-order valence-corrected chi connectivity index (χ3v) is 4.72. The van der Waals surface area contributed by atoms with E-state index in [-0.39, 0.29) is 30.5 Å². The van der Waals surface area contributed by atoms with Gasteiger partial charge in [-0.25, -0.2) is 14.2 Å². The van der Waals surface area contributed by atoms with Crippen LogP contribution in [0.5, 0.6) is 0 Å². The minimum absolute atomic E-state index is 0.0369. The van der Waals surface area contributed by atoms with E-state index in [1.807, 2.05) is 0 Å². The van der Waals surface area contributed by atoms with Crippen molar-refractivity contribution >= 4 is 22.9 Å². The number of amides is 2. The smallest absolute Gasteiger partial charge is 0.407 e. The van der Waals surface area contributed by atoms with Gasteiger partial charge >= 0.3 is 6.09 Å². The first-order chi connectivity index (χ1) is 15.6. The molecule has 0 atom stereocenters. The molecule has 0 radical (unpaired) electrons. The number of benzene rings is 1. The van der Waals surface area contributed by atoms with Crippen LogP contribution in [0.4, 0.5) is 9.18 Å². The van der Waals surface area contributed by atoms with E-state index in [0.717, 1.165) is 0 Å². The molecule has 0 aliphatic heterocycles. The predicted octanol–water partition coefficient (Wildman–Crippen LogP) is 4.35. The molecular formula is C24H27FN4O4. The Bertz CT molecular complexity index is 1160. The number of fused-ring (bicyclic) bond motifs is 1. The number of aromatic nitrogens is 2. The number of nitrogens with one attached hydrogen (secondary N) is 1. The average Bonchev–Trinajstić information content (AvgIpc) is 2.76. The molecule has 0 aliphatic carbocycles. The highest BCUT2D eigenvalue weighted by Crippen LogP contribution is 2.33. The number of alkyl carbamates (subject to hydrolysis) is 1. The van der Waals surface area contributed by atoms with Crippen LogP contribution in [-0.4, -0.2) is 50.9 Å². The maximum atomic E-state index is 14.1. The fraction of sp³-hybridized carbons (Fsp3) is 0.333. The molecule has 8 nitrogen and oxygen atoms in total. The Kier molecular flexibility index (Phi) is 7.23. The average molecular weight is 455 g/mol. The van der Waals surface area contributed by atoms with Crippen molar-refractivity contribution < 1.29 is 23.9 Å². The van der Waals surface area contributed by atoms with E-state index < -0.39 is 23.4 Å². The fourth-order valence-electron chi connectivity index (χ4n) is 3.35. The normalized spacial score (nSPS) is 11.3. The topological polar surface area (TPSA) is 105 Å². The van der Waals surface area contributed by atoms with Gasteiger partial charge in [0, 0.05) is 36.7 Å². The van der Waals surface area contributed by atoms with Crippen molar-refractivity contribution in [2.75, 3.05) is 13.1 Å². The third-order valence-electron chi connectivity index (χ3n) is 4.72. The molecule has 1 aromatic carbocycles. The monoisotopic (exact) mass is 454 g/mol. The van der Waals surface area contributed by atoms with Gasteiger partial charge in [-0.3, -0.25) is 20.0 Å². The minimum Gasteiger partial charge on any atom is -0.444 e. The second-order valence-electron chi connectivity index (χ2n) is 8.38. The number of carbonyl (C=O) groups is 2. The molecule has 3 rings (SSSR count). The predicted molar refractivity (Wildman–Crippen MR) is 121 cm³/mol. The second-order valence-corrected chi connectivity index (χ2v) is 8.38. The van der Waals surface area contributed by atoms with Crippen LogP contribution in [0.25, 0.3) is 22.2 Å². The van der Waals surface area contributed by atoms with Crippen molar-refractivity contribution in [3.63, 3.8) is 0 Å². The van der Waals surface area contributed by atoms with Gasteiger partial charge in [-0.2, -0.15) is 0 Å². The zero-order valence-corrected chi connectivity index (χ0v) is 19.1. The molecule has 0 aliphatic rings. The molecular weight excluding hydrogens is 427 g/mol. The SMILES string of the molecule is CCN(O)C(=O)c1c(-c2ccccn2)c(CCNC(=O)OC(C)(C)C)nc2ccc(F)cc12. The van der Waals surface area contributed by atoms with Crippen LogP contribution < -0.4 is 5.32 Å². The van der Waals surface area contributed by atoms with Crippen LogP contribution in [0.3, 0.4) is 0 Å². The lowest BCUT2D eigenvalue weighted by Gasteiger charge is -2.21. The molecule has 0 bridgehead atoms. The van der Waals surface area contributed by atoms with Gasteiger partial charge in [-0.05, 0) is 58.0 Å². The standard InChI is InChI=1S/C24H27FN4O4/c1-5-29(32)22(30)20-16-14-15(25)9-10-17(16)28-19(21(20)18-8-6-7-12-26-18)11-13-27-23(31)33-24(2,3)4/h6-10,12,14,32H,5,11,13H2,1-4H3,(H,27,31). The lowest BCUT2D eigenvalue weighted by molar-refractivity contribution is -0.0539. The molecule has 174 valence electrons. The van der Waals surface area contributed by atoms with E-state index in [0.29, 0.717) is 27.5 Å². The van der Waals surface area contributed by atoms with Crippen LogP contribution in [-0.2, 0) is 11.2 Å². The molecule has 0 unspecified atom stereocenters. The number of halogens is 1. The zero-order chi connectivity index (χ0) is 24.2. The summed E-state index contributed by atoms with van der Waals surface area (Å²) in [7, 11) is 0. The molecule has 2 aromatic heterocycles. The van der Waals surface area contributed by atoms with Gasteiger partial charge in [0.15, 0.2) is 0 Å². The Morgan fingerprint density at radius 2 is 1.97 bits per heavy atom. The van der Waals surface area contributed by atoms with Gasteiger partial charge < -0.3 is 10.1 Å². The Balaban J connectivity index is 2.13. The van der Waals surface area contributed by atoms with E-state index in [4.69, 9.17) is 4.74 Å². The summed E-state index contributed by atoms with van der Waals surface area (Å²) in [5.41, 5.74) is 1.12. The van der Waals surface area contributed by atoms with Crippen molar-refractivity contribution in [3.05, 3.63) is 59.7 Å². The van der Waals surface area contributed by atoms with E-state index >= 15 is 0 Å². The lowest BCUT2D eigenvalue weighted by atomic mass is 9.95. The summed E-state index contributed by atoms with van der Waals surface area (Å²) in [6, 6.07) is 9.13. The summed E-state index contributed by atoms with van der Waals surface area (Å²) in [5, 5.41) is 13.7. The maximum absolute atomic E-state index is 14.1. The van der Waals surface area contributed by atoms with Gasteiger partial charge in [0.1, 0.15) is 11.4 Å². The fourth-order valence-corrected chi connectivity index (χ4v) is 3.35. The van der Waals surface area contributed by atoms with E-state index in [1.54, 1.807) is 52.1 Å². The molecule has 2 N–H and O–H groups in total. The summed E-state index contributed by atoms with van der Waals surface area (Å²) in [5.74, 6) is -1.23. The summed E-state index contributed by atoms with van der Waals surface area (Å²) in [6.07, 6.45) is 1.24. The van der Waals surface area contributed by atoms with Crippen LogP contribution in [0.1, 0.15) is 43.7 Å². The highest BCUT2D eigenvalue weighted by atomic mass is 19.1. The largest absolute Gasteiger partial charge is 0.444 e. The van der Waals surface area contributed by atoms with Crippen molar-refractivity contribution in [1.82, 2.24) is 20.3 Å². The molecule has 2 amide bonds. The van der Waals surface area contributed by atoms with Crippen molar-refractivity contribution in [2.24, 2.45) is 0 Å². The van der Waals surface area contributed by atoms with Gasteiger partial charge in [0.2, 0.25) is 0 Å². The number of rotatable bonds is 6. The Hall–Kier alpha value is -3.59. The molecule has 3 aromatic rings. The number of ether oxygens (including phenoxy) is 1. The van der Waals surface area contributed by atoms with Gasteiger partial charge in [-0.15, -0.1) is 0 Å². The molecule has 33 heavy (non-hydrogen) atoms. The molecule has 0 saturated heterocycles. The minimum atomic E-state index is -0.697. The number of hydrogen-bond donors (Lipinski definition) is 2. The summed E-state index contributed by atoms with van der Waals surface area (Å²) < 4.78 is 19.4. The van der Waals surface area contributed by atoms with Crippen LogP contribution in [0.2, 0.25) is 0 Å². The van der Waals surface area contributed by atoms with Gasteiger partial charge in [0.25, 0.3) is 5.91 Å². The number of pyridine rings is 2. The van der Waals surface area contributed by atoms with E-state index in [1.165, 1.54) is 18.2 Å². The van der Waals surface area contributed by atoms with E-state index in [2.05, 4.69) is 15.3 Å². The molecule has 0 saturated carbocycles. The van der Waals surface area contributed by atoms with Crippen molar-refractivity contribution in [1.29, 1.82) is 0 Å². The molecule has 9 heteroatoms. The summed E-state index contributed by atoms with van der Waals surface area (Å²) in [4.78, 5) is 34.3. The van der Waals surface area contributed by atoms with Gasteiger partial charge in [-0.1, -0.05) is 6.07 Å². The molecule has 0 spiro atoms. The molecule has 2 heterocycles. The first-order valence-electron chi connectivity index (χ1n) is 10.6. The van der Waals surface area contributed by atoms with Crippen molar-refractivity contribution in [2.45, 2.75) is 39.7 Å². The number of hydroxylamine groups is 2. The lowest BCUT2D eigenvalue weighted by Crippen LogP contribution is -2.33. The first kappa shape index (κ1) is 24.1. The zero-order valence-electron chi connectivity index (χ0n) is 19.1. The van der Waals surface area contributed by atoms with Crippen LogP contribution in [0, 0.1) is 5.82 Å². The van der Waals surface area contributed by atoms with Crippen LogP contribution >= 0.6 is 0 Å². The number of nitrogens with zero attached hydrogens (tertiary/aromatic N) is 3. The summed E-state index contributed by atoms with van der Waals surface area (Å²) >= 11 is 0. The number of carbonyl (C=O) groups excluding carboxylic acids is 2. The third kappa shape index (κ3) is 5.81. The maximum Gasteiger partial charge on any atom is 0.407 e. The Labute approximate surface area is 191 Å². The van der Waals surface area contributed by atoms with E-state index in [9.17, 15) is 19.2 Å². The number of hydrogen-bond acceptors (Lipinski definition) is 6. The van der Waals surface area contributed by atoms with Gasteiger partial charge in [0.05, 0.1) is 22.5 Å². The highest BCUT2D eigenvalue weighted by molar-refractivity contribution is 6.11. The Morgan fingerprint density at radius 1 is 1.21 bits per heavy atom. The Morgan fingerprint density at radius 3 is 2.61 bits per heavy atom. The highest BCUT2D eigenvalue weighted by Gasteiger charge is 2.26.